The first-order valence-electron chi connectivity index (χ1n) is 6.13. The molecule has 0 saturated carbocycles. The Bertz CT molecular complexity index is 801. The molecule has 0 amide bonds. The molecule has 3 rings (SSSR count). The van der Waals surface area contributed by atoms with E-state index < -0.39 is 0 Å². The predicted octanol–water partition coefficient (Wildman–Crippen LogP) is 3.81. The monoisotopic (exact) mass is 326 g/mol. The van der Waals surface area contributed by atoms with Crippen molar-refractivity contribution in [1.29, 1.82) is 5.26 Å². The lowest BCUT2D eigenvalue weighted by Crippen LogP contribution is -2.00. The molecule has 0 fully saturated rings. The minimum Gasteiger partial charge on any atom is -0.352 e. The second-order valence-corrected chi connectivity index (χ2v) is 5.30. The average molecular weight is 327 g/mol. The van der Waals surface area contributed by atoms with Gasteiger partial charge < -0.3 is 10.3 Å². The van der Waals surface area contributed by atoms with Crippen molar-refractivity contribution in [1.82, 2.24) is 9.97 Å². The third kappa shape index (κ3) is 2.51. The van der Waals surface area contributed by atoms with Gasteiger partial charge in [-0.2, -0.15) is 5.26 Å². The zero-order valence-corrected chi connectivity index (χ0v) is 12.1. The predicted molar refractivity (Wildman–Crippen MR) is 82.3 cm³/mol. The number of para-hydroxylation sites is 1. The van der Waals surface area contributed by atoms with Crippen LogP contribution in [-0.2, 0) is 6.54 Å². The molecule has 2 N–H and O–H groups in total. The summed E-state index contributed by atoms with van der Waals surface area (Å²) in [4.78, 5) is 7.59. The van der Waals surface area contributed by atoms with Gasteiger partial charge in [0.15, 0.2) is 0 Å². The quantitative estimate of drug-likeness (QED) is 0.769. The van der Waals surface area contributed by atoms with Gasteiger partial charge in [0.1, 0.15) is 11.6 Å². The van der Waals surface area contributed by atoms with Crippen LogP contribution in [0.15, 0.2) is 46.9 Å². The first-order valence-corrected chi connectivity index (χ1v) is 6.93. The minimum atomic E-state index is 0.578. The zero-order chi connectivity index (χ0) is 13.9. The molecule has 20 heavy (non-hydrogen) atoms. The fraction of sp³-hybridized carbons (Fsp3) is 0.0667. The molecule has 0 aliphatic rings. The van der Waals surface area contributed by atoms with Crippen molar-refractivity contribution >= 4 is 32.9 Å². The van der Waals surface area contributed by atoms with Gasteiger partial charge >= 0.3 is 0 Å². The number of nitrogens with one attached hydrogen (secondary N) is 2. The number of nitriles is 1. The standard InChI is InChI=1S/C15H11BrN4/c16-12-5-1-3-10(7-12)9-18-15-19-13-6-2-4-11(8-17)14(13)20-15/h1-7H,9H2,(H2,18,19,20). The number of benzene rings is 2. The number of rotatable bonds is 3. The van der Waals surface area contributed by atoms with Gasteiger partial charge in [0.2, 0.25) is 5.95 Å². The first-order chi connectivity index (χ1) is 9.76. The van der Waals surface area contributed by atoms with Crippen molar-refractivity contribution in [3.8, 4) is 6.07 Å². The molecular weight excluding hydrogens is 316 g/mol. The van der Waals surface area contributed by atoms with E-state index in [4.69, 9.17) is 5.26 Å². The molecule has 3 aromatic rings. The maximum absolute atomic E-state index is 9.05. The highest BCUT2D eigenvalue weighted by Gasteiger charge is 2.06. The van der Waals surface area contributed by atoms with Crippen molar-refractivity contribution in [2.45, 2.75) is 6.54 Å². The van der Waals surface area contributed by atoms with Crippen LogP contribution in [0, 0.1) is 11.3 Å². The van der Waals surface area contributed by atoms with Gasteiger partial charge in [-0.25, -0.2) is 4.98 Å². The summed E-state index contributed by atoms with van der Waals surface area (Å²) in [5, 5.41) is 12.3. The van der Waals surface area contributed by atoms with Crippen molar-refractivity contribution in [2.75, 3.05) is 5.32 Å². The summed E-state index contributed by atoms with van der Waals surface area (Å²) in [5.41, 5.74) is 3.29. The zero-order valence-electron chi connectivity index (χ0n) is 10.5. The van der Waals surface area contributed by atoms with Gasteiger partial charge in [0.25, 0.3) is 0 Å². The molecule has 2 aromatic carbocycles. The van der Waals surface area contributed by atoms with E-state index in [1.807, 2.05) is 30.3 Å². The van der Waals surface area contributed by atoms with Crippen LogP contribution in [0.25, 0.3) is 11.0 Å². The lowest BCUT2D eigenvalue weighted by Gasteiger charge is -2.03. The highest BCUT2D eigenvalue weighted by Crippen LogP contribution is 2.19. The number of fused-ring (bicyclic) bond motifs is 1. The van der Waals surface area contributed by atoms with Crippen LogP contribution >= 0.6 is 15.9 Å². The summed E-state index contributed by atoms with van der Waals surface area (Å²) >= 11 is 3.45. The van der Waals surface area contributed by atoms with Gasteiger partial charge in [0.05, 0.1) is 11.1 Å². The van der Waals surface area contributed by atoms with E-state index in [-0.39, 0.29) is 0 Å². The molecule has 1 heterocycles. The fourth-order valence-electron chi connectivity index (χ4n) is 2.04. The molecule has 1 aromatic heterocycles. The molecule has 5 heteroatoms. The molecule has 0 atom stereocenters. The van der Waals surface area contributed by atoms with E-state index >= 15 is 0 Å². The lowest BCUT2D eigenvalue weighted by molar-refractivity contribution is 1.10. The topological polar surface area (TPSA) is 64.5 Å². The SMILES string of the molecule is N#Cc1cccc2[nH]c(NCc3cccc(Br)c3)nc12. The number of nitrogens with zero attached hydrogens (tertiary/aromatic N) is 2. The molecular formula is C15H11BrN4. The van der Waals surface area contributed by atoms with Gasteiger partial charge in [-0.3, -0.25) is 0 Å². The van der Waals surface area contributed by atoms with Gasteiger partial charge in [-0.05, 0) is 29.8 Å². The maximum atomic E-state index is 9.05. The molecule has 0 bridgehead atoms. The third-order valence-corrected chi connectivity index (χ3v) is 3.48. The number of hydrogen-bond acceptors (Lipinski definition) is 3. The smallest absolute Gasteiger partial charge is 0.201 e. The molecule has 0 radical (unpaired) electrons. The van der Waals surface area contributed by atoms with Crippen molar-refractivity contribution < 1.29 is 0 Å². The summed E-state index contributed by atoms with van der Waals surface area (Å²) in [5.74, 6) is 0.669. The molecule has 0 aliphatic heterocycles. The van der Waals surface area contributed by atoms with Crippen molar-refractivity contribution in [3.05, 3.63) is 58.1 Å². The normalized spacial score (nSPS) is 10.4. The molecule has 98 valence electrons. The van der Waals surface area contributed by atoms with Gasteiger partial charge in [-0.15, -0.1) is 0 Å². The Hall–Kier alpha value is -2.32. The van der Waals surface area contributed by atoms with Crippen molar-refractivity contribution in [3.63, 3.8) is 0 Å². The van der Waals surface area contributed by atoms with E-state index in [1.165, 1.54) is 0 Å². The van der Waals surface area contributed by atoms with Crippen LogP contribution in [0.4, 0.5) is 5.95 Å². The Morgan fingerprint density at radius 3 is 2.90 bits per heavy atom. The number of imidazole rings is 1. The van der Waals surface area contributed by atoms with E-state index in [0.29, 0.717) is 23.6 Å². The molecule has 0 aliphatic carbocycles. The van der Waals surface area contributed by atoms with Crippen LogP contribution in [0.5, 0.6) is 0 Å². The third-order valence-electron chi connectivity index (χ3n) is 2.98. The number of aromatic amines is 1. The Kier molecular flexibility index (Phi) is 3.40. The summed E-state index contributed by atoms with van der Waals surface area (Å²) in [6, 6.07) is 15.7. The Labute approximate surface area is 124 Å². The highest BCUT2D eigenvalue weighted by molar-refractivity contribution is 9.10. The fourth-order valence-corrected chi connectivity index (χ4v) is 2.49. The summed E-state index contributed by atoms with van der Waals surface area (Å²) in [6.07, 6.45) is 0. The number of halogens is 1. The number of H-pyrrole nitrogens is 1. The molecule has 4 nitrogen and oxygen atoms in total. The maximum Gasteiger partial charge on any atom is 0.201 e. The molecule has 0 unspecified atom stereocenters. The van der Waals surface area contributed by atoms with Crippen LogP contribution < -0.4 is 5.32 Å². The van der Waals surface area contributed by atoms with Crippen LogP contribution in [0.3, 0.4) is 0 Å². The lowest BCUT2D eigenvalue weighted by atomic mass is 10.2. The van der Waals surface area contributed by atoms with E-state index in [2.05, 4.69) is 43.4 Å². The van der Waals surface area contributed by atoms with Gasteiger partial charge in [-0.1, -0.05) is 34.1 Å². The van der Waals surface area contributed by atoms with E-state index in [1.54, 1.807) is 6.07 Å². The highest BCUT2D eigenvalue weighted by atomic mass is 79.9. The van der Waals surface area contributed by atoms with Crippen molar-refractivity contribution in [2.24, 2.45) is 0 Å². The molecule has 0 spiro atoms. The first kappa shape index (κ1) is 12.7. The summed E-state index contributed by atoms with van der Waals surface area (Å²) in [6.45, 7) is 0.668. The molecule has 0 saturated heterocycles. The summed E-state index contributed by atoms with van der Waals surface area (Å²) in [7, 11) is 0. The Morgan fingerprint density at radius 2 is 2.10 bits per heavy atom. The van der Waals surface area contributed by atoms with Crippen LogP contribution in [0.1, 0.15) is 11.1 Å². The summed E-state index contributed by atoms with van der Waals surface area (Å²) < 4.78 is 1.05. The second-order valence-electron chi connectivity index (χ2n) is 4.38. The van der Waals surface area contributed by atoms with E-state index in [0.717, 1.165) is 15.6 Å². The number of hydrogen-bond donors (Lipinski definition) is 2. The Balaban J connectivity index is 1.83. The Morgan fingerprint density at radius 1 is 1.25 bits per heavy atom. The number of aromatic nitrogens is 2. The number of anilines is 1. The van der Waals surface area contributed by atoms with Gasteiger partial charge in [0, 0.05) is 11.0 Å². The second kappa shape index (κ2) is 5.35. The largest absolute Gasteiger partial charge is 0.352 e. The van der Waals surface area contributed by atoms with Crippen LogP contribution in [-0.4, -0.2) is 9.97 Å². The van der Waals surface area contributed by atoms with Crippen LogP contribution in [0.2, 0.25) is 0 Å². The average Bonchev–Trinajstić information content (AvgIpc) is 2.88. The minimum absolute atomic E-state index is 0.578. The van der Waals surface area contributed by atoms with E-state index in [9.17, 15) is 0 Å².